The van der Waals surface area contributed by atoms with Gasteiger partial charge in [-0.25, -0.2) is 0 Å². The van der Waals surface area contributed by atoms with Gasteiger partial charge in [0.25, 0.3) is 0 Å². The summed E-state index contributed by atoms with van der Waals surface area (Å²) < 4.78 is 12.1. The van der Waals surface area contributed by atoms with Gasteiger partial charge in [-0.2, -0.15) is 0 Å². The fourth-order valence-corrected chi connectivity index (χ4v) is 5.67. The summed E-state index contributed by atoms with van der Waals surface area (Å²) in [5.41, 5.74) is 3.72. The molecule has 1 aliphatic rings. The Morgan fingerprint density at radius 2 is 1.50 bits per heavy atom. The van der Waals surface area contributed by atoms with Crippen molar-refractivity contribution < 1.29 is 9.26 Å². The van der Waals surface area contributed by atoms with E-state index in [1.54, 1.807) is 7.11 Å². The number of methoxy groups -OCH3 is 1. The highest BCUT2D eigenvalue weighted by molar-refractivity contribution is 7.69. The lowest BCUT2D eigenvalue weighted by Crippen LogP contribution is -2.28. The molecular formula is C23H23O2P. The third-order valence-electron chi connectivity index (χ3n) is 4.72. The highest BCUT2D eigenvalue weighted by Gasteiger charge is 2.32. The first-order valence-corrected chi connectivity index (χ1v) is 10.1. The molecule has 4 rings (SSSR count). The summed E-state index contributed by atoms with van der Waals surface area (Å²) in [6, 6.07) is 23.3. The second-order valence-electron chi connectivity index (χ2n) is 7.53. The van der Waals surface area contributed by atoms with Crippen LogP contribution in [0, 0.1) is 0 Å². The molecule has 0 N–H and O–H groups in total. The van der Waals surface area contributed by atoms with E-state index in [4.69, 9.17) is 9.26 Å². The van der Waals surface area contributed by atoms with Gasteiger partial charge in [0.05, 0.1) is 7.11 Å². The first kappa shape index (κ1) is 17.1. The molecule has 0 saturated heterocycles. The molecule has 0 bridgehead atoms. The van der Waals surface area contributed by atoms with E-state index in [0.29, 0.717) is 0 Å². The number of fused-ring (bicyclic) bond motifs is 3. The van der Waals surface area contributed by atoms with Crippen LogP contribution in [0.2, 0.25) is 0 Å². The van der Waals surface area contributed by atoms with Crippen LogP contribution in [0.5, 0.6) is 11.5 Å². The Morgan fingerprint density at radius 1 is 0.808 bits per heavy atom. The molecule has 3 aromatic carbocycles. The standard InChI is InChI=1S/C23H23O2P/c1-23(2,3)19-15-16(24-4)13-14-22(19)26-21-12-8-6-10-18(21)17-9-5-7-11-20(17)25-26/h5-15H,1-4H3. The number of ether oxygens (including phenoxy) is 1. The van der Waals surface area contributed by atoms with Crippen LogP contribution in [0.15, 0.2) is 66.7 Å². The molecule has 3 heteroatoms. The van der Waals surface area contributed by atoms with Gasteiger partial charge in [0.1, 0.15) is 11.5 Å². The van der Waals surface area contributed by atoms with Crippen LogP contribution < -0.4 is 19.9 Å². The molecule has 0 saturated carbocycles. The van der Waals surface area contributed by atoms with E-state index >= 15 is 0 Å². The Kier molecular flexibility index (Phi) is 4.25. The van der Waals surface area contributed by atoms with Crippen molar-refractivity contribution in [2.24, 2.45) is 0 Å². The van der Waals surface area contributed by atoms with Crippen LogP contribution >= 0.6 is 8.15 Å². The maximum absolute atomic E-state index is 6.58. The summed E-state index contributed by atoms with van der Waals surface area (Å²) >= 11 is 0. The molecule has 1 atom stereocenters. The highest BCUT2D eigenvalue weighted by atomic mass is 31.1. The van der Waals surface area contributed by atoms with Gasteiger partial charge in [-0.3, -0.25) is 0 Å². The van der Waals surface area contributed by atoms with Gasteiger partial charge in [0.15, 0.2) is 8.15 Å². The summed E-state index contributed by atoms with van der Waals surface area (Å²) in [6.45, 7) is 6.72. The normalized spacial score (nSPS) is 15.6. The molecule has 0 spiro atoms. The first-order chi connectivity index (χ1) is 12.5. The largest absolute Gasteiger partial charge is 0.497 e. The van der Waals surface area contributed by atoms with Gasteiger partial charge in [-0.1, -0.05) is 63.2 Å². The molecule has 132 valence electrons. The fraction of sp³-hybridized carbons (Fsp3) is 0.217. The van der Waals surface area contributed by atoms with E-state index < -0.39 is 8.15 Å². The number of hydrogen-bond acceptors (Lipinski definition) is 2. The zero-order valence-corrected chi connectivity index (χ0v) is 16.5. The number of hydrogen-bond donors (Lipinski definition) is 0. The van der Waals surface area contributed by atoms with Crippen molar-refractivity contribution in [3.63, 3.8) is 0 Å². The Balaban J connectivity index is 1.93. The van der Waals surface area contributed by atoms with Gasteiger partial charge in [-0.05, 0) is 40.8 Å². The average Bonchev–Trinajstić information content (AvgIpc) is 2.66. The molecule has 26 heavy (non-hydrogen) atoms. The summed E-state index contributed by atoms with van der Waals surface area (Å²) in [4.78, 5) is 0. The monoisotopic (exact) mass is 362 g/mol. The Labute approximate surface area is 156 Å². The van der Waals surface area contributed by atoms with Crippen LogP contribution in [-0.4, -0.2) is 7.11 Å². The summed E-state index contributed by atoms with van der Waals surface area (Å²) in [5.74, 6) is 1.85. The Morgan fingerprint density at radius 3 is 2.23 bits per heavy atom. The van der Waals surface area contributed by atoms with Gasteiger partial charge >= 0.3 is 0 Å². The van der Waals surface area contributed by atoms with Gasteiger partial charge in [0, 0.05) is 16.2 Å². The van der Waals surface area contributed by atoms with Gasteiger partial charge in [0.2, 0.25) is 0 Å². The summed E-state index contributed by atoms with van der Waals surface area (Å²) in [6.07, 6.45) is 0. The fourth-order valence-electron chi connectivity index (χ4n) is 3.39. The van der Waals surface area contributed by atoms with Crippen LogP contribution in [0.3, 0.4) is 0 Å². The Hall–Kier alpha value is -2.31. The lowest BCUT2D eigenvalue weighted by molar-refractivity contribution is 0.413. The Bertz CT molecular complexity index is 956. The predicted molar refractivity (Wildman–Crippen MR) is 110 cm³/mol. The van der Waals surface area contributed by atoms with Crippen LogP contribution in [-0.2, 0) is 5.41 Å². The van der Waals surface area contributed by atoms with Crippen molar-refractivity contribution in [2.75, 3.05) is 7.11 Å². The van der Waals surface area contributed by atoms with E-state index in [-0.39, 0.29) is 5.41 Å². The molecule has 1 heterocycles. The van der Waals surface area contributed by atoms with E-state index in [1.165, 1.54) is 27.3 Å². The molecule has 2 nitrogen and oxygen atoms in total. The smallest absolute Gasteiger partial charge is 0.151 e. The van der Waals surface area contributed by atoms with Gasteiger partial charge in [-0.15, -0.1) is 0 Å². The number of benzene rings is 3. The molecule has 0 aromatic heterocycles. The first-order valence-electron chi connectivity index (χ1n) is 8.84. The number of rotatable bonds is 2. The van der Waals surface area contributed by atoms with Gasteiger partial charge < -0.3 is 9.26 Å². The minimum Gasteiger partial charge on any atom is -0.497 e. The van der Waals surface area contributed by atoms with Crippen molar-refractivity contribution in [3.8, 4) is 22.6 Å². The third kappa shape index (κ3) is 2.89. The quantitative estimate of drug-likeness (QED) is 0.568. The maximum atomic E-state index is 6.58. The van der Waals surface area contributed by atoms with Crippen molar-refractivity contribution in [3.05, 3.63) is 72.3 Å². The average molecular weight is 362 g/mol. The van der Waals surface area contributed by atoms with Crippen LogP contribution in [0.25, 0.3) is 11.1 Å². The second kappa shape index (κ2) is 6.45. The predicted octanol–water partition coefficient (Wildman–Crippen LogP) is 5.40. The highest BCUT2D eigenvalue weighted by Crippen LogP contribution is 2.49. The molecular weight excluding hydrogens is 339 g/mol. The lowest BCUT2D eigenvalue weighted by atomic mass is 9.87. The van der Waals surface area contributed by atoms with Crippen molar-refractivity contribution in [1.82, 2.24) is 0 Å². The summed E-state index contributed by atoms with van der Waals surface area (Å²) in [5, 5.41) is 2.53. The topological polar surface area (TPSA) is 18.5 Å². The van der Waals surface area contributed by atoms with E-state index in [0.717, 1.165) is 11.5 Å². The van der Waals surface area contributed by atoms with Crippen molar-refractivity contribution in [1.29, 1.82) is 0 Å². The zero-order valence-electron chi connectivity index (χ0n) is 15.6. The van der Waals surface area contributed by atoms with Crippen LogP contribution in [0.1, 0.15) is 26.3 Å². The SMILES string of the molecule is COc1ccc(P2Oc3ccccc3-c3ccccc32)c(C(C)(C)C)c1. The number of para-hydroxylation sites is 1. The van der Waals surface area contributed by atoms with E-state index in [2.05, 4.69) is 75.4 Å². The molecule has 1 unspecified atom stereocenters. The molecule has 0 fully saturated rings. The van der Waals surface area contributed by atoms with E-state index in [9.17, 15) is 0 Å². The van der Waals surface area contributed by atoms with Crippen LogP contribution in [0.4, 0.5) is 0 Å². The second-order valence-corrected chi connectivity index (χ2v) is 9.27. The molecule has 0 aliphatic carbocycles. The minimum absolute atomic E-state index is 0.00146. The minimum atomic E-state index is -0.927. The van der Waals surface area contributed by atoms with Crippen molar-refractivity contribution in [2.45, 2.75) is 26.2 Å². The molecule has 0 radical (unpaired) electrons. The lowest BCUT2D eigenvalue weighted by Gasteiger charge is -2.32. The van der Waals surface area contributed by atoms with Crippen molar-refractivity contribution >= 4 is 18.8 Å². The molecule has 1 aliphatic heterocycles. The zero-order chi connectivity index (χ0) is 18.3. The molecule has 0 amide bonds. The third-order valence-corrected chi connectivity index (χ3v) is 6.75. The van der Waals surface area contributed by atoms with E-state index in [1.807, 2.05) is 12.1 Å². The summed E-state index contributed by atoms with van der Waals surface area (Å²) in [7, 11) is 0.790. The maximum Gasteiger partial charge on any atom is 0.151 e. The molecule has 3 aromatic rings.